The van der Waals surface area contributed by atoms with E-state index in [4.69, 9.17) is 4.99 Å². The van der Waals surface area contributed by atoms with Crippen LogP contribution < -0.4 is 9.80 Å². The summed E-state index contributed by atoms with van der Waals surface area (Å²) >= 11 is 0. The Bertz CT molecular complexity index is 3230. The van der Waals surface area contributed by atoms with Gasteiger partial charge in [-0.25, -0.2) is 4.48 Å². The zero-order valence-corrected chi connectivity index (χ0v) is 38.5. The summed E-state index contributed by atoms with van der Waals surface area (Å²) in [7, 11) is 2.30. The number of para-hydroxylation sites is 1. The van der Waals surface area contributed by atoms with Gasteiger partial charge in [-0.05, 0) is 141 Å². The van der Waals surface area contributed by atoms with Crippen LogP contribution in [0.2, 0.25) is 0 Å². The van der Waals surface area contributed by atoms with Crippen molar-refractivity contribution in [3.63, 3.8) is 0 Å². The van der Waals surface area contributed by atoms with Crippen molar-refractivity contribution in [3.8, 4) is 33.4 Å². The lowest BCUT2D eigenvalue weighted by molar-refractivity contribution is 0.627. The zero-order chi connectivity index (χ0) is 45.7. The highest BCUT2D eigenvalue weighted by Gasteiger charge is 2.32. The number of amidine groups is 1. The first kappa shape index (κ1) is 42.5. The molecule has 0 saturated carbocycles. The van der Waals surface area contributed by atoms with E-state index >= 15 is 0 Å². The predicted octanol–water partition coefficient (Wildman–Crippen LogP) is 16.6. The van der Waals surface area contributed by atoms with Gasteiger partial charge in [0.05, 0.1) is 13.1 Å². The molecule has 0 fully saturated rings. The summed E-state index contributed by atoms with van der Waals surface area (Å²) in [5.41, 5.74) is 21.1. The largest absolute Gasteiger partial charge is 0.340 e. The Kier molecular flexibility index (Phi) is 11.9. The average Bonchev–Trinajstić information content (AvgIpc) is 3.44. The maximum atomic E-state index is 5.43. The molecule has 1 heterocycles. The van der Waals surface area contributed by atoms with E-state index in [1.807, 2.05) is 0 Å². The number of hydrogen-bond donors (Lipinski definition) is 1. The van der Waals surface area contributed by atoms with Crippen LogP contribution in [0.4, 0.5) is 17.1 Å². The highest BCUT2D eigenvalue weighted by molar-refractivity contribution is 6.05. The number of allylic oxidation sites excluding steroid dienone is 6. The molecule has 11 rings (SSSR count). The summed E-state index contributed by atoms with van der Waals surface area (Å²) in [6.45, 7) is 0. The maximum absolute atomic E-state index is 5.43. The first-order valence-corrected chi connectivity index (χ1v) is 23.9. The van der Waals surface area contributed by atoms with Crippen LogP contribution in [0.25, 0.3) is 50.2 Å². The van der Waals surface area contributed by atoms with Gasteiger partial charge in [0.15, 0.2) is 0 Å². The smallest absolute Gasteiger partial charge is 0.142 e. The van der Waals surface area contributed by atoms with Crippen LogP contribution in [-0.4, -0.2) is 18.9 Å². The van der Waals surface area contributed by atoms with Gasteiger partial charge in [-0.1, -0.05) is 182 Å². The number of nitrogens with one attached hydrogen (secondary N) is 1. The van der Waals surface area contributed by atoms with Crippen LogP contribution in [0.3, 0.4) is 0 Å². The molecule has 0 spiro atoms. The Morgan fingerprint density at radius 1 is 0.353 bits per heavy atom. The third-order valence-corrected chi connectivity index (χ3v) is 14.0. The van der Waals surface area contributed by atoms with E-state index in [1.165, 1.54) is 83.9 Å². The van der Waals surface area contributed by atoms with E-state index in [0.29, 0.717) is 4.48 Å². The standard InChI is InChI=1S/C65H54N3/c1-68(60-20-12-5-13-21-60,61-42-38-55(39-43-61)53-24-22-50(23-25-53)47-14-6-2-7-15-47)62-44-40-56(41-45-62)54-30-36-59(37-31-54)65-66-63(57-32-26-51(27-33-57)48-16-8-3-9-17-48)46-64(67-65)58-34-28-52(29-35-58)49-18-10-4-11-19-49/h2-28,30,32-34,36,38-46,64H,29,31,35,37H2,1H3,(H,66,67)/q+1. The number of quaternary nitrogens is 1. The van der Waals surface area contributed by atoms with E-state index < -0.39 is 0 Å². The molecule has 2 aliphatic carbocycles. The lowest BCUT2D eigenvalue weighted by Crippen LogP contribution is -2.33. The minimum Gasteiger partial charge on any atom is -0.340 e. The minimum atomic E-state index is -0.0397. The van der Waals surface area contributed by atoms with E-state index in [0.717, 1.165) is 42.8 Å². The zero-order valence-electron chi connectivity index (χ0n) is 38.5. The van der Waals surface area contributed by atoms with E-state index in [2.05, 4.69) is 261 Å². The molecule has 8 aromatic carbocycles. The molecule has 0 bridgehead atoms. The number of benzene rings is 8. The number of aliphatic imine (C=N–C) groups is 1. The van der Waals surface area contributed by atoms with E-state index in [9.17, 15) is 0 Å². The minimum absolute atomic E-state index is 0.0397. The molecule has 0 saturated heterocycles. The van der Waals surface area contributed by atoms with Crippen LogP contribution in [-0.2, 0) is 0 Å². The molecular formula is C65H54N3+. The molecule has 2 unspecified atom stereocenters. The molecule has 1 N–H and O–H groups in total. The second-order valence-electron chi connectivity index (χ2n) is 18.1. The molecule has 3 nitrogen and oxygen atoms in total. The van der Waals surface area contributed by atoms with Gasteiger partial charge in [0.25, 0.3) is 0 Å². The topological polar surface area (TPSA) is 24.4 Å². The molecule has 8 aromatic rings. The third kappa shape index (κ3) is 8.80. The second-order valence-corrected chi connectivity index (χ2v) is 18.1. The molecule has 1 aliphatic heterocycles. The Morgan fingerprint density at radius 2 is 0.706 bits per heavy atom. The molecule has 3 heteroatoms. The quantitative estimate of drug-likeness (QED) is 0.129. The highest BCUT2D eigenvalue weighted by Crippen LogP contribution is 2.43. The Labute approximate surface area is 401 Å². The van der Waals surface area contributed by atoms with Gasteiger partial charge in [-0.15, -0.1) is 0 Å². The van der Waals surface area contributed by atoms with Crippen molar-refractivity contribution in [2.45, 2.75) is 31.7 Å². The van der Waals surface area contributed by atoms with Crippen LogP contribution in [0.5, 0.6) is 0 Å². The summed E-state index contributed by atoms with van der Waals surface area (Å²) < 4.78 is 0.550. The molecule has 0 radical (unpaired) electrons. The molecule has 328 valence electrons. The first-order valence-electron chi connectivity index (χ1n) is 23.9. The summed E-state index contributed by atoms with van der Waals surface area (Å²) in [6.07, 6.45) is 15.4. The van der Waals surface area contributed by atoms with Crippen LogP contribution in [0.15, 0.2) is 265 Å². The van der Waals surface area contributed by atoms with Gasteiger partial charge in [-0.2, -0.15) is 0 Å². The lowest BCUT2D eigenvalue weighted by atomic mass is 9.88. The summed E-state index contributed by atoms with van der Waals surface area (Å²) in [5, 5.41) is 3.80. The fourth-order valence-corrected chi connectivity index (χ4v) is 9.98. The van der Waals surface area contributed by atoms with Crippen molar-refractivity contribution in [1.29, 1.82) is 0 Å². The normalized spacial score (nSPS) is 16.7. The maximum Gasteiger partial charge on any atom is 0.142 e. The monoisotopic (exact) mass is 876 g/mol. The number of hydrogen-bond acceptors (Lipinski definition) is 2. The van der Waals surface area contributed by atoms with Crippen molar-refractivity contribution < 1.29 is 0 Å². The van der Waals surface area contributed by atoms with Gasteiger partial charge in [0.1, 0.15) is 22.9 Å². The first-order chi connectivity index (χ1) is 33.5. The third-order valence-electron chi connectivity index (χ3n) is 14.0. The van der Waals surface area contributed by atoms with Crippen LogP contribution in [0, 0.1) is 0 Å². The number of nitrogens with zero attached hydrogens (tertiary/aromatic N) is 2. The molecule has 0 amide bonds. The second kappa shape index (κ2) is 19.0. The van der Waals surface area contributed by atoms with Gasteiger partial charge < -0.3 is 5.32 Å². The average molecular weight is 877 g/mol. The summed E-state index contributed by atoms with van der Waals surface area (Å²) in [4.78, 5) is 5.43. The van der Waals surface area contributed by atoms with E-state index in [1.54, 1.807) is 0 Å². The van der Waals surface area contributed by atoms with Gasteiger partial charge >= 0.3 is 0 Å². The van der Waals surface area contributed by atoms with Crippen molar-refractivity contribution in [2.24, 2.45) is 4.99 Å². The van der Waals surface area contributed by atoms with Crippen LogP contribution >= 0.6 is 0 Å². The Morgan fingerprint density at radius 3 is 1.18 bits per heavy atom. The van der Waals surface area contributed by atoms with Crippen molar-refractivity contribution in [1.82, 2.24) is 9.80 Å². The van der Waals surface area contributed by atoms with Crippen molar-refractivity contribution in [2.75, 3.05) is 7.05 Å². The SMILES string of the molecule is C[N+](c1ccccc1)(c1ccc(C2=CC=C(C3=NC(C4=CC=C(c5ccccc5)CC4)C=C(c4ccc(-c5ccccc5)cc4)N3)CC2)cc1)c1ccc(-c2ccc(-c3ccccc3)cc2)cc1. The van der Waals surface area contributed by atoms with Crippen molar-refractivity contribution >= 4 is 39.7 Å². The fourth-order valence-electron chi connectivity index (χ4n) is 9.98. The highest BCUT2D eigenvalue weighted by atomic mass is 15.3. The van der Waals surface area contributed by atoms with Gasteiger partial charge in [-0.3, -0.25) is 4.99 Å². The Hall–Kier alpha value is -8.11. The summed E-state index contributed by atoms with van der Waals surface area (Å²) in [5.74, 6) is 0.968. The van der Waals surface area contributed by atoms with Gasteiger partial charge in [0, 0.05) is 30.0 Å². The molecular weight excluding hydrogens is 823 g/mol. The molecule has 3 aliphatic rings. The number of rotatable bonds is 11. The molecule has 68 heavy (non-hydrogen) atoms. The molecule has 0 aromatic heterocycles. The van der Waals surface area contributed by atoms with E-state index in [-0.39, 0.29) is 6.04 Å². The lowest BCUT2D eigenvalue weighted by Gasteiger charge is -2.33. The predicted molar refractivity (Wildman–Crippen MR) is 288 cm³/mol. The van der Waals surface area contributed by atoms with Crippen LogP contribution in [0.1, 0.15) is 42.4 Å². The Balaban J connectivity index is 0.857. The van der Waals surface area contributed by atoms with Gasteiger partial charge in [0.2, 0.25) is 0 Å². The summed E-state index contributed by atoms with van der Waals surface area (Å²) in [6, 6.07) is 78.9. The van der Waals surface area contributed by atoms with Crippen molar-refractivity contribution in [3.05, 3.63) is 277 Å². The molecule has 2 atom stereocenters. The fraction of sp³-hybridized carbons (Fsp3) is 0.0923.